The number of nitrogens with two attached hydrogens (primary N) is 1. The number of nitrogens with zero attached hydrogens (tertiary/aromatic N) is 2. The van der Waals surface area contributed by atoms with E-state index in [1.807, 2.05) is 22.6 Å². The summed E-state index contributed by atoms with van der Waals surface area (Å²) >= 11 is 1.82. The van der Waals surface area contributed by atoms with Gasteiger partial charge in [-0.15, -0.1) is 0 Å². The summed E-state index contributed by atoms with van der Waals surface area (Å²) in [7, 11) is -16.5. The van der Waals surface area contributed by atoms with Crippen LogP contribution >= 0.6 is 46.1 Å². The number of ether oxygens (including phenoxy) is 1. The number of halogens is 1. The average molecular weight is 593 g/mol. The molecule has 1 saturated heterocycles. The third-order valence-electron chi connectivity index (χ3n) is 3.27. The van der Waals surface area contributed by atoms with Gasteiger partial charge in [-0.2, -0.15) is 13.6 Å². The van der Waals surface area contributed by atoms with Crippen LogP contribution in [0.4, 0.5) is 5.82 Å². The molecule has 1 aliphatic heterocycles. The van der Waals surface area contributed by atoms with Gasteiger partial charge in [0.15, 0.2) is 0 Å². The van der Waals surface area contributed by atoms with Gasteiger partial charge < -0.3 is 35.2 Å². The van der Waals surface area contributed by atoms with E-state index in [9.17, 15) is 28.5 Å². The summed E-state index contributed by atoms with van der Waals surface area (Å²) < 4.78 is 51.9. The monoisotopic (exact) mass is 593 g/mol. The fourth-order valence-electron chi connectivity index (χ4n) is 2.17. The number of hydrogen-bond acceptors (Lipinski definition) is 11. The molecule has 0 bridgehead atoms. The number of nitrogen functional groups attached to an aromatic ring is 1. The normalized spacial score (nSPS) is 26.8. The molecule has 1 aromatic heterocycles. The molecule has 0 amide bonds. The highest BCUT2D eigenvalue weighted by atomic mass is 127. The molecular weight excluding hydrogens is 578 g/mol. The lowest BCUT2D eigenvalue weighted by Gasteiger charge is -2.19. The van der Waals surface area contributed by atoms with Crippen LogP contribution in [0.1, 0.15) is 12.6 Å². The standard InChI is InChI=1S/C9H15IN3O13P3/c10-4-2-13(9(15)12-8(4)11)7-1-5(14)6(24-7)3-23-28(19,20)26-29(21,22)25-27(16,17)18/h2,5-7,14H,1,3H2,(H,19,20)(H,21,22)(H2,11,12,15)(H2,16,17,18). The van der Waals surface area contributed by atoms with Gasteiger partial charge in [0.05, 0.1) is 16.3 Å². The summed E-state index contributed by atoms with van der Waals surface area (Å²) in [6.45, 7) is -0.852. The highest BCUT2D eigenvalue weighted by Gasteiger charge is 2.43. The maximum Gasteiger partial charge on any atom is 0.490 e. The maximum absolute atomic E-state index is 11.9. The molecule has 16 nitrogen and oxygen atoms in total. The molecule has 29 heavy (non-hydrogen) atoms. The Hall–Kier alpha value is -0.260. The van der Waals surface area contributed by atoms with Crippen LogP contribution in [-0.4, -0.2) is 53.0 Å². The Morgan fingerprint density at radius 3 is 2.45 bits per heavy atom. The van der Waals surface area contributed by atoms with Crippen molar-refractivity contribution in [3.05, 3.63) is 20.3 Å². The van der Waals surface area contributed by atoms with Crippen LogP contribution in [0.15, 0.2) is 11.0 Å². The Morgan fingerprint density at radius 2 is 1.86 bits per heavy atom. The second kappa shape index (κ2) is 9.08. The van der Waals surface area contributed by atoms with Gasteiger partial charge in [-0.3, -0.25) is 9.09 Å². The zero-order chi connectivity index (χ0) is 22.2. The van der Waals surface area contributed by atoms with E-state index in [1.165, 1.54) is 6.20 Å². The Balaban J connectivity index is 2.02. The number of phosphoric acid groups is 3. The molecule has 7 N–H and O–H groups in total. The number of hydrogen-bond donors (Lipinski definition) is 6. The van der Waals surface area contributed by atoms with Gasteiger partial charge in [-0.1, -0.05) is 0 Å². The van der Waals surface area contributed by atoms with Crippen molar-refractivity contribution in [2.24, 2.45) is 0 Å². The minimum atomic E-state index is -5.66. The number of aromatic nitrogens is 2. The smallest absolute Gasteiger partial charge is 0.390 e. The van der Waals surface area contributed by atoms with E-state index in [1.54, 1.807) is 0 Å². The van der Waals surface area contributed by atoms with E-state index in [2.05, 4.69) is 18.1 Å². The number of aliphatic hydroxyl groups is 1. The summed E-state index contributed by atoms with van der Waals surface area (Å²) in [5.74, 6) is -0.00500. The summed E-state index contributed by atoms with van der Waals surface area (Å²) in [5.41, 5.74) is 4.74. The van der Waals surface area contributed by atoms with Crippen LogP contribution in [0.2, 0.25) is 0 Å². The van der Waals surface area contributed by atoms with E-state index in [4.69, 9.17) is 25.2 Å². The Morgan fingerprint density at radius 1 is 1.24 bits per heavy atom. The molecule has 0 saturated carbocycles. The SMILES string of the molecule is Nc1nc(=O)n(C2CC(O)C(COP(=O)(O)OP(=O)(O)OP(=O)(O)O)O2)cc1I. The van der Waals surface area contributed by atoms with E-state index < -0.39 is 54.2 Å². The van der Waals surface area contributed by atoms with Gasteiger partial charge in [0.1, 0.15) is 18.1 Å². The summed E-state index contributed by atoms with van der Waals surface area (Å²) in [5, 5.41) is 10.0. The van der Waals surface area contributed by atoms with Crippen molar-refractivity contribution in [1.29, 1.82) is 0 Å². The molecule has 1 fully saturated rings. The zero-order valence-electron chi connectivity index (χ0n) is 13.9. The molecule has 0 aromatic carbocycles. The average Bonchev–Trinajstić information content (AvgIpc) is 2.86. The molecule has 166 valence electrons. The molecular formula is C9H15IN3O13P3. The van der Waals surface area contributed by atoms with Gasteiger partial charge in [0.2, 0.25) is 0 Å². The van der Waals surface area contributed by atoms with Gasteiger partial charge in [-0.25, -0.2) is 18.5 Å². The van der Waals surface area contributed by atoms with Crippen molar-refractivity contribution in [2.45, 2.75) is 24.9 Å². The fourth-order valence-corrected chi connectivity index (χ4v) is 5.62. The summed E-state index contributed by atoms with van der Waals surface area (Å²) in [4.78, 5) is 50.9. The van der Waals surface area contributed by atoms with Crippen molar-refractivity contribution < 1.29 is 56.3 Å². The first-order valence-electron chi connectivity index (χ1n) is 7.24. The minimum Gasteiger partial charge on any atom is -0.390 e. The molecule has 0 spiro atoms. The molecule has 2 rings (SSSR count). The van der Waals surface area contributed by atoms with Crippen molar-refractivity contribution in [3.63, 3.8) is 0 Å². The van der Waals surface area contributed by atoms with E-state index in [-0.39, 0.29) is 12.2 Å². The first-order valence-corrected chi connectivity index (χ1v) is 12.8. The van der Waals surface area contributed by atoms with Crippen LogP contribution in [0.25, 0.3) is 0 Å². The predicted octanol–water partition coefficient (Wildman–Crippen LogP) is -0.578. The van der Waals surface area contributed by atoms with Crippen LogP contribution in [0, 0.1) is 3.57 Å². The molecule has 20 heteroatoms. The molecule has 2 heterocycles. The number of anilines is 1. The summed E-state index contributed by atoms with van der Waals surface area (Å²) in [6, 6.07) is 0. The molecule has 5 atom stereocenters. The van der Waals surface area contributed by atoms with Crippen molar-refractivity contribution >= 4 is 51.9 Å². The first-order chi connectivity index (χ1) is 13.1. The minimum absolute atomic E-state index is 0.00500. The number of phosphoric ester groups is 1. The van der Waals surface area contributed by atoms with Crippen LogP contribution in [0.3, 0.4) is 0 Å². The Bertz CT molecular complexity index is 965. The van der Waals surface area contributed by atoms with E-state index >= 15 is 0 Å². The third kappa shape index (κ3) is 7.43. The summed E-state index contributed by atoms with van der Waals surface area (Å²) in [6.07, 6.45) is -2.38. The van der Waals surface area contributed by atoms with Gasteiger partial charge >= 0.3 is 29.2 Å². The van der Waals surface area contributed by atoms with Crippen molar-refractivity contribution in [1.82, 2.24) is 9.55 Å². The first kappa shape index (κ1) is 25.0. The van der Waals surface area contributed by atoms with E-state index in [0.29, 0.717) is 3.57 Å². The third-order valence-corrected chi connectivity index (χ3v) is 7.90. The Labute approximate surface area is 175 Å². The number of aliphatic hydroxyl groups excluding tert-OH is 1. The second-order valence-corrected chi connectivity index (χ2v) is 11.1. The number of rotatable bonds is 8. The second-order valence-electron chi connectivity index (χ2n) is 5.48. The molecule has 1 aromatic rings. The molecule has 5 unspecified atom stereocenters. The Kier molecular flexibility index (Phi) is 7.83. The lowest BCUT2D eigenvalue weighted by atomic mass is 10.2. The van der Waals surface area contributed by atoms with Crippen molar-refractivity contribution in [3.8, 4) is 0 Å². The lowest BCUT2D eigenvalue weighted by molar-refractivity contribution is -0.0450. The zero-order valence-corrected chi connectivity index (χ0v) is 18.8. The van der Waals surface area contributed by atoms with Gasteiger partial charge in [-0.05, 0) is 22.6 Å². The maximum atomic E-state index is 11.9. The molecule has 0 aliphatic carbocycles. The highest BCUT2D eigenvalue weighted by Crippen LogP contribution is 2.66. The quantitative estimate of drug-likeness (QED) is 0.163. The van der Waals surface area contributed by atoms with Crippen LogP contribution in [0.5, 0.6) is 0 Å². The van der Waals surface area contributed by atoms with Crippen molar-refractivity contribution in [2.75, 3.05) is 12.3 Å². The fraction of sp³-hybridized carbons (Fsp3) is 0.556. The topological polar surface area (TPSA) is 250 Å². The largest absolute Gasteiger partial charge is 0.490 e. The van der Waals surface area contributed by atoms with E-state index in [0.717, 1.165) is 4.57 Å². The van der Waals surface area contributed by atoms with Gasteiger partial charge in [0, 0.05) is 12.6 Å². The lowest BCUT2D eigenvalue weighted by Crippen LogP contribution is -2.29. The van der Waals surface area contributed by atoms with Crippen LogP contribution in [-0.2, 0) is 31.6 Å². The highest BCUT2D eigenvalue weighted by molar-refractivity contribution is 14.1. The predicted molar refractivity (Wildman–Crippen MR) is 100.0 cm³/mol. The van der Waals surface area contributed by atoms with Crippen LogP contribution < -0.4 is 11.4 Å². The molecule has 0 radical (unpaired) electrons. The molecule has 1 aliphatic rings. The van der Waals surface area contributed by atoms with Gasteiger partial charge in [0.25, 0.3) is 0 Å².